The number of hydrogen-bond donors (Lipinski definition) is 2. The Labute approximate surface area is 132 Å². The molecule has 114 valence electrons. The standard InChI is InChI=1S/C16H16N2O3S/c1-2-11-3-6-13(7-4-11)18-14(19)10-22-15-8-5-12(9-17-15)16(20)21/h3-9H,2,10H2,1H3,(H,18,19)(H,20,21). The highest BCUT2D eigenvalue weighted by molar-refractivity contribution is 7.99. The fourth-order valence-electron chi connectivity index (χ4n) is 1.75. The third-order valence-electron chi connectivity index (χ3n) is 2.98. The molecule has 0 aliphatic carbocycles. The molecule has 1 heterocycles. The number of aromatic carboxylic acids is 1. The molecule has 1 amide bonds. The molecule has 0 saturated heterocycles. The third kappa shape index (κ3) is 4.60. The molecule has 2 aromatic rings. The first-order valence-electron chi connectivity index (χ1n) is 6.79. The van der Waals surface area contributed by atoms with Gasteiger partial charge in [-0.3, -0.25) is 4.79 Å². The molecule has 0 fully saturated rings. The van der Waals surface area contributed by atoms with E-state index in [9.17, 15) is 9.59 Å². The van der Waals surface area contributed by atoms with Gasteiger partial charge in [0.25, 0.3) is 0 Å². The zero-order valence-corrected chi connectivity index (χ0v) is 12.9. The van der Waals surface area contributed by atoms with Crippen molar-refractivity contribution in [3.63, 3.8) is 0 Å². The Kier molecular flexibility index (Phi) is 5.55. The summed E-state index contributed by atoms with van der Waals surface area (Å²) >= 11 is 1.26. The lowest BCUT2D eigenvalue weighted by Gasteiger charge is -2.06. The molecule has 2 N–H and O–H groups in total. The lowest BCUT2D eigenvalue weighted by Crippen LogP contribution is -2.14. The van der Waals surface area contributed by atoms with Gasteiger partial charge in [-0.2, -0.15) is 0 Å². The van der Waals surface area contributed by atoms with Crippen LogP contribution in [0.25, 0.3) is 0 Å². The van der Waals surface area contributed by atoms with E-state index < -0.39 is 5.97 Å². The number of hydrogen-bond acceptors (Lipinski definition) is 4. The van der Waals surface area contributed by atoms with Gasteiger partial charge in [-0.15, -0.1) is 0 Å². The number of thioether (sulfide) groups is 1. The number of aromatic nitrogens is 1. The normalized spacial score (nSPS) is 10.2. The summed E-state index contributed by atoms with van der Waals surface area (Å²) in [6, 6.07) is 10.8. The van der Waals surface area contributed by atoms with Gasteiger partial charge in [-0.1, -0.05) is 30.8 Å². The van der Waals surface area contributed by atoms with Crippen LogP contribution in [-0.2, 0) is 11.2 Å². The number of anilines is 1. The predicted octanol–water partition coefficient (Wildman–Crippen LogP) is 3.07. The number of rotatable bonds is 6. The maximum atomic E-state index is 11.9. The largest absolute Gasteiger partial charge is 0.478 e. The van der Waals surface area contributed by atoms with Crippen LogP contribution in [0, 0.1) is 0 Å². The third-order valence-corrected chi connectivity index (χ3v) is 3.92. The first-order chi connectivity index (χ1) is 10.6. The number of nitrogens with zero attached hydrogens (tertiary/aromatic N) is 1. The first-order valence-corrected chi connectivity index (χ1v) is 7.78. The van der Waals surface area contributed by atoms with Crippen LogP contribution >= 0.6 is 11.8 Å². The summed E-state index contributed by atoms with van der Waals surface area (Å²) in [4.78, 5) is 26.6. The number of amides is 1. The zero-order chi connectivity index (χ0) is 15.9. The fourth-order valence-corrected chi connectivity index (χ4v) is 2.40. The lowest BCUT2D eigenvalue weighted by atomic mass is 10.1. The average Bonchev–Trinajstić information content (AvgIpc) is 2.54. The number of pyridine rings is 1. The van der Waals surface area contributed by atoms with Gasteiger partial charge < -0.3 is 10.4 Å². The molecule has 0 bridgehead atoms. The van der Waals surface area contributed by atoms with Crippen molar-refractivity contribution in [1.82, 2.24) is 4.98 Å². The highest BCUT2D eigenvalue weighted by Crippen LogP contribution is 2.16. The second kappa shape index (κ2) is 7.61. The molecule has 0 aliphatic heterocycles. The van der Waals surface area contributed by atoms with Crippen LogP contribution in [0.5, 0.6) is 0 Å². The van der Waals surface area contributed by atoms with Gasteiger partial charge in [-0.05, 0) is 36.2 Å². The van der Waals surface area contributed by atoms with Crippen LogP contribution in [0.4, 0.5) is 5.69 Å². The number of carbonyl (C=O) groups is 2. The van der Waals surface area contributed by atoms with E-state index >= 15 is 0 Å². The summed E-state index contributed by atoms with van der Waals surface area (Å²) in [6.45, 7) is 2.08. The van der Waals surface area contributed by atoms with E-state index in [1.54, 1.807) is 6.07 Å². The second-order valence-electron chi connectivity index (χ2n) is 4.58. The van der Waals surface area contributed by atoms with Crippen molar-refractivity contribution in [2.24, 2.45) is 0 Å². The highest BCUT2D eigenvalue weighted by Gasteiger charge is 2.06. The summed E-state index contributed by atoms with van der Waals surface area (Å²) in [6.07, 6.45) is 2.24. The minimum Gasteiger partial charge on any atom is -0.478 e. The van der Waals surface area contributed by atoms with Crippen LogP contribution in [0.1, 0.15) is 22.8 Å². The van der Waals surface area contributed by atoms with Crippen molar-refractivity contribution in [1.29, 1.82) is 0 Å². The number of aryl methyl sites for hydroxylation is 1. The summed E-state index contributed by atoms with van der Waals surface area (Å²) in [7, 11) is 0. The number of carboxylic acid groups (broad SMARTS) is 1. The average molecular weight is 316 g/mol. The zero-order valence-electron chi connectivity index (χ0n) is 12.1. The van der Waals surface area contributed by atoms with Crippen molar-refractivity contribution < 1.29 is 14.7 Å². The van der Waals surface area contributed by atoms with E-state index in [0.29, 0.717) is 5.03 Å². The maximum Gasteiger partial charge on any atom is 0.337 e. The van der Waals surface area contributed by atoms with Gasteiger partial charge in [-0.25, -0.2) is 9.78 Å². The summed E-state index contributed by atoms with van der Waals surface area (Å²) in [5.74, 6) is -0.926. The summed E-state index contributed by atoms with van der Waals surface area (Å²) < 4.78 is 0. The van der Waals surface area contributed by atoms with Gasteiger partial charge >= 0.3 is 5.97 Å². The summed E-state index contributed by atoms with van der Waals surface area (Å²) in [5, 5.41) is 12.2. The Balaban J connectivity index is 1.85. The molecule has 0 aliphatic rings. The van der Waals surface area contributed by atoms with Crippen molar-refractivity contribution in [3.8, 4) is 0 Å². The lowest BCUT2D eigenvalue weighted by molar-refractivity contribution is -0.113. The van der Waals surface area contributed by atoms with Gasteiger partial charge in [0.2, 0.25) is 5.91 Å². The molecule has 0 saturated carbocycles. The van der Waals surface area contributed by atoms with Crippen LogP contribution < -0.4 is 5.32 Å². The van der Waals surface area contributed by atoms with Crippen molar-refractivity contribution in [3.05, 3.63) is 53.7 Å². The van der Waals surface area contributed by atoms with E-state index in [2.05, 4.69) is 17.2 Å². The molecule has 1 aromatic carbocycles. The molecule has 0 unspecified atom stereocenters. The first kappa shape index (κ1) is 16.0. The Morgan fingerprint density at radius 1 is 1.18 bits per heavy atom. The molecular weight excluding hydrogens is 300 g/mol. The second-order valence-corrected chi connectivity index (χ2v) is 5.57. The number of carbonyl (C=O) groups excluding carboxylic acids is 1. The van der Waals surface area contributed by atoms with E-state index in [1.807, 2.05) is 24.3 Å². The topological polar surface area (TPSA) is 79.3 Å². The maximum absolute atomic E-state index is 11.9. The van der Waals surface area contributed by atoms with Crippen LogP contribution in [-0.4, -0.2) is 27.7 Å². The van der Waals surface area contributed by atoms with E-state index in [4.69, 9.17) is 5.11 Å². The molecule has 2 rings (SSSR count). The molecular formula is C16H16N2O3S. The van der Waals surface area contributed by atoms with Gasteiger partial charge in [0.05, 0.1) is 16.3 Å². The molecule has 0 radical (unpaired) electrons. The molecule has 0 atom stereocenters. The number of nitrogens with one attached hydrogen (secondary N) is 1. The Hall–Kier alpha value is -2.34. The predicted molar refractivity (Wildman–Crippen MR) is 86.4 cm³/mol. The van der Waals surface area contributed by atoms with E-state index in [0.717, 1.165) is 12.1 Å². The monoisotopic (exact) mass is 316 g/mol. The Bertz CT molecular complexity index is 654. The van der Waals surface area contributed by atoms with Crippen LogP contribution in [0.15, 0.2) is 47.6 Å². The van der Waals surface area contributed by atoms with Crippen molar-refractivity contribution in [2.75, 3.05) is 11.1 Å². The highest BCUT2D eigenvalue weighted by atomic mass is 32.2. The molecule has 0 spiro atoms. The van der Waals surface area contributed by atoms with E-state index in [-0.39, 0.29) is 17.2 Å². The van der Waals surface area contributed by atoms with Crippen molar-refractivity contribution in [2.45, 2.75) is 18.4 Å². The SMILES string of the molecule is CCc1ccc(NC(=O)CSc2ccc(C(=O)O)cn2)cc1. The smallest absolute Gasteiger partial charge is 0.337 e. The number of benzene rings is 1. The van der Waals surface area contributed by atoms with Crippen LogP contribution in [0.2, 0.25) is 0 Å². The minimum atomic E-state index is -1.02. The van der Waals surface area contributed by atoms with Gasteiger partial charge in [0.1, 0.15) is 0 Å². The molecule has 5 nitrogen and oxygen atoms in total. The van der Waals surface area contributed by atoms with Gasteiger partial charge in [0.15, 0.2) is 0 Å². The van der Waals surface area contributed by atoms with Crippen molar-refractivity contribution >= 4 is 29.3 Å². The summed E-state index contributed by atoms with van der Waals surface area (Å²) in [5.41, 5.74) is 2.11. The minimum absolute atomic E-state index is 0.127. The Morgan fingerprint density at radius 2 is 1.91 bits per heavy atom. The number of carboxylic acids is 1. The van der Waals surface area contributed by atoms with Crippen LogP contribution in [0.3, 0.4) is 0 Å². The van der Waals surface area contributed by atoms with Gasteiger partial charge in [0, 0.05) is 11.9 Å². The van der Waals surface area contributed by atoms with E-state index in [1.165, 1.54) is 29.6 Å². The molecule has 1 aromatic heterocycles. The molecule has 6 heteroatoms. The quantitative estimate of drug-likeness (QED) is 0.801. The Morgan fingerprint density at radius 3 is 2.45 bits per heavy atom. The fraction of sp³-hybridized carbons (Fsp3) is 0.188. The molecule has 22 heavy (non-hydrogen) atoms.